The standard InChI is InChI=1S/C11H26N2/c1-4-6-7-8-11(13-12)9-10(3)5-2/h10-11,13H,4-9,12H2,1-3H3. The number of hydrogen-bond acceptors (Lipinski definition) is 2. The molecule has 0 bridgehead atoms. The zero-order chi connectivity index (χ0) is 10.1. The molecule has 0 aromatic heterocycles. The fourth-order valence-corrected chi connectivity index (χ4v) is 1.56. The van der Waals surface area contributed by atoms with E-state index in [1.165, 1.54) is 38.5 Å². The zero-order valence-corrected chi connectivity index (χ0v) is 9.47. The molecule has 80 valence electrons. The molecule has 13 heavy (non-hydrogen) atoms. The van der Waals surface area contributed by atoms with Gasteiger partial charge in [-0.25, -0.2) is 0 Å². The molecule has 2 atom stereocenters. The van der Waals surface area contributed by atoms with Crippen molar-refractivity contribution in [2.24, 2.45) is 11.8 Å². The Labute approximate surface area is 83.2 Å². The van der Waals surface area contributed by atoms with Crippen LogP contribution in [0.1, 0.15) is 59.3 Å². The molecule has 0 fully saturated rings. The highest BCUT2D eigenvalue weighted by Crippen LogP contribution is 2.14. The van der Waals surface area contributed by atoms with Gasteiger partial charge in [0.05, 0.1) is 0 Å². The normalized spacial score (nSPS) is 15.7. The number of unbranched alkanes of at least 4 members (excludes halogenated alkanes) is 2. The second kappa shape index (κ2) is 8.52. The van der Waals surface area contributed by atoms with Crippen molar-refractivity contribution in [2.45, 2.75) is 65.3 Å². The first-order valence-corrected chi connectivity index (χ1v) is 5.70. The van der Waals surface area contributed by atoms with Crippen LogP contribution in [-0.2, 0) is 0 Å². The quantitative estimate of drug-likeness (QED) is 0.347. The van der Waals surface area contributed by atoms with Gasteiger partial charge in [-0.15, -0.1) is 0 Å². The van der Waals surface area contributed by atoms with Crippen LogP contribution in [0.5, 0.6) is 0 Å². The molecule has 0 heterocycles. The summed E-state index contributed by atoms with van der Waals surface area (Å²) in [6.07, 6.45) is 7.64. The van der Waals surface area contributed by atoms with Gasteiger partial charge in [0.2, 0.25) is 0 Å². The molecule has 0 aliphatic rings. The SMILES string of the molecule is CCCCCC(CC(C)CC)NN. The Morgan fingerprint density at radius 2 is 1.92 bits per heavy atom. The van der Waals surface area contributed by atoms with Gasteiger partial charge in [0.15, 0.2) is 0 Å². The Morgan fingerprint density at radius 1 is 1.23 bits per heavy atom. The molecule has 0 aromatic carbocycles. The highest BCUT2D eigenvalue weighted by Gasteiger charge is 2.09. The molecule has 0 aliphatic carbocycles. The lowest BCUT2D eigenvalue weighted by Crippen LogP contribution is -2.36. The number of hydrazine groups is 1. The Kier molecular flexibility index (Phi) is 8.46. The van der Waals surface area contributed by atoms with E-state index >= 15 is 0 Å². The van der Waals surface area contributed by atoms with Gasteiger partial charge >= 0.3 is 0 Å². The minimum Gasteiger partial charge on any atom is -0.271 e. The third-order valence-corrected chi connectivity index (χ3v) is 2.78. The lowest BCUT2D eigenvalue weighted by Gasteiger charge is -2.19. The van der Waals surface area contributed by atoms with Crippen LogP contribution in [0.15, 0.2) is 0 Å². The Bertz CT molecular complexity index is 104. The molecular formula is C11H26N2. The first-order chi connectivity index (χ1) is 6.24. The highest BCUT2D eigenvalue weighted by molar-refractivity contribution is 4.66. The summed E-state index contributed by atoms with van der Waals surface area (Å²) >= 11 is 0. The van der Waals surface area contributed by atoms with Crippen LogP contribution in [0, 0.1) is 5.92 Å². The molecule has 2 nitrogen and oxygen atoms in total. The van der Waals surface area contributed by atoms with E-state index in [9.17, 15) is 0 Å². The summed E-state index contributed by atoms with van der Waals surface area (Å²) < 4.78 is 0. The first kappa shape index (κ1) is 12.9. The van der Waals surface area contributed by atoms with E-state index in [1.54, 1.807) is 0 Å². The van der Waals surface area contributed by atoms with Crippen molar-refractivity contribution in [3.8, 4) is 0 Å². The van der Waals surface area contributed by atoms with Crippen molar-refractivity contribution in [3.05, 3.63) is 0 Å². The summed E-state index contributed by atoms with van der Waals surface area (Å²) in [4.78, 5) is 0. The van der Waals surface area contributed by atoms with Gasteiger partial charge in [0.1, 0.15) is 0 Å². The van der Waals surface area contributed by atoms with Gasteiger partial charge in [0, 0.05) is 6.04 Å². The first-order valence-electron chi connectivity index (χ1n) is 5.70. The maximum absolute atomic E-state index is 5.51. The predicted octanol–water partition coefficient (Wildman–Crippen LogP) is 2.83. The zero-order valence-electron chi connectivity index (χ0n) is 9.47. The maximum atomic E-state index is 5.51. The Morgan fingerprint density at radius 3 is 2.38 bits per heavy atom. The number of rotatable bonds is 8. The van der Waals surface area contributed by atoms with Crippen LogP contribution in [0.25, 0.3) is 0 Å². The van der Waals surface area contributed by atoms with Crippen molar-refractivity contribution < 1.29 is 0 Å². The summed E-state index contributed by atoms with van der Waals surface area (Å²) in [7, 11) is 0. The topological polar surface area (TPSA) is 38.0 Å². The number of nitrogens with two attached hydrogens (primary N) is 1. The molecule has 0 aromatic rings. The van der Waals surface area contributed by atoms with E-state index in [-0.39, 0.29) is 0 Å². The average molecular weight is 186 g/mol. The average Bonchev–Trinajstić information content (AvgIpc) is 2.16. The van der Waals surface area contributed by atoms with Gasteiger partial charge < -0.3 is 0 Å². The van der Waals surface area contributed by atoms with Crippen LogP contribution in [-0.4, -0.2) is 6.04 Å². The largest absolute Gasteiger partial charge is 0.271 e. The van der Waals surface area contributed by atoms with E-state index in [4.69, 9.17) is 5.84 Å². The second-order valence-corrected chi connectivity index (χ2v) is 4.11. The van der Waals surface area contributed by atoms with Crippen LogP contribution in [0.4, 0.5) is 0 Å². The van der Waals surface area contributed by atoms with Crippen molar-refractivity contribution in [1.29, 1.82) is 0 Å². The smallest absolute Gasteiger partial charge is 0.0213 e. The molecule has 0 amide bonds. The van der Waals surface area contributed by atoms with Crippen LogP contribution < -0.4 is 11.3 Å². The molecule has 2 heteroatoms. The van der Waals surface area contributed by atoms with E-state index in [2.05, 4.69) is 26.2 Å². The second-order valence-electron chi connectivity index (χ2n) is 4.11. The molecule has 0 aliphatic heterocycles. The van der Waals surface area contributed by atoms with Crippen LogP contribution in [0.3, 0.4) is 0 Å². The van der Waals surface area contributed by atoms with Crippen molar-refractivity contribution in [3.63, 3.8) is 0 Å². The third-order valence-electron chi connectivity index (χ3n) is 2.78. The van der Waals surface area contributed by atoms with Gasteiger partial charge in [-0.2, -0.15) is 0 Å². The van der Waals surface area contributed by atoms with Crippen LogP contribution in [0.2, 0.25) is 0 Å². The minimum absolute atomic E-state index is 0.529. The van der Waals surface area contributed by atoms with Gasteiger partial charge in [0.25, 0.3) is 0 Å². The highest BCUT2D eigenvalue weighted by atomic mass is 15.2. The molecule has 0 saturated heterocycles. The van der Waals surface area contributed by atoms with Gasteiger partial charge in [-0.3, -0.25) is 11.3 Å². The molecule has 2 unspecified atom stereocenters. The van der Waals surface area contributed by atoms with Crippen molar-refractivity contribution >= 4 is 0 Å². The van der Waals surface area contributed by atoms with Crippen molar-refractivity contribution in [1.82, 2.24) is 5.43 Å². The summed E-state index contributed by atoms with van der Waals surface area (Å²) in [6.45, 7) is 6.77. The van der Waals surface area contributed by atoms with E-state index in [0.717, 1.165) is 5.92 Å². The van der Waals surface area contributed by atoms with Gasteiger partial charge in [-0.05, 0) is 18.8 Å². The molecule has 3 N–H and O–H groups in total. The summed E-state index contributed by atoms with van der Waals surface area (Å²) in [6, 6.07) is 0.529. The Balaban J connectivity index is 3.50. The number of nitrogens with one attached hydrogen (secondary N) is 1. The third kappa shape index (κ3) is 7.03. The fourth-order valence-electron chi connectivity index (χ4n) is 1.56. The summed E-state index contributed by atoms with van der Waals surface area (Å²) in [5.74, 6) is 6.30. The predicted molar refractivity (Wildman–Crippen MR) is 59.3 cm³/mol. The Hall–Kier alpha value is -0.0800. The van der Waals surface area contributed by atoms with E-state index in [1.807, 2.05) is 0 Å². The summed E-state index contributed by atoms with van der Waals surface area (Å²) in [5.41, 5.74) is 2.93. The minimum atomic E-state index is 0.529. The monoisotopic (exact) mass is 186 g/mol. The maximum Gasteiger partial charge on any atom is 0.0213 e. The number of hydrogen-bond donors (Lipinski definition) is 2. The fraction of sp³-hybridized carbons (Fsp3) is 1.00. The van der Waals surface area contributed by atoms with E-state index in [0.29, 0.717) is 6.04 Å². The summed E-state index contributed by atoms with van der Waals surface area (Å²) in [5, 5.41) is 0. The molecular weight excluding hydrogens is 160 g/mol. The molecule has 0 saturated carbocycles. The molecule has 0 spiro atoms. The lowest BCUT2D eigenvalue weighted by molar-refractivity contribution is 0.372. The van der Waals surface area contributed by atoms with Crippen LogP contribution >= 0.6 is 0 Å². The molecule has 0 rings (SSSR count). The van der Waals surface area contributed by atoms with Gasteiger partial charge in [-0.1, -0.05) is 46.5 Å². The van der Waals surface area contributed by atoms with E-state index < -0.39 is 0 Å². The molecule has 0 radical (unpaired) electrons. The lowest BCUT2D eigenvalue weighted by atomic mass is 9.96. The van der Waals surface area contributed by atoms with Crippen molar-refractivity contribution in [2.75, 3.05) is 0 Å².